The van der Waals surface area contributed by atoms with E-state index in [4.69, 9.17) is 23.1 Å². The van der Waals surface area contributed by atoms with E-state index in [9.17, 15) is 13.2 Å². The minimum atomic E-state index is -4.43. The van der Waals surface area contributed by atoms with Crippen LogP contribution in [0.15, 0.2) is 18.2 Å². The topological polar surface area (TPSA) is 52.0 Å². The van der Waals surface area contributed by atoms with Crippen LogP contribution in [-0.4, -0.2) is 6.54 Å². The Hall–Kier alpha value is -0.780. The second-order valence-electron chi connectivity index (χ2n) is 4.13. The molecule has 2 nitrogen and oxygen atoms in total. The van der Waals surface area contributed by atoms with Gasteiger partial charge in [-0.25, -0.2) is 0 Å². The predicted molar refractivity (Wildman–Crippen MR) is 66.3 cm³/mol. The minimum Gasteiger partial charge on any atom is -0.330 e. The van der Waals surface area contributed by atoms with Crippen LogP contribution in [0.5, 0.6) is 0 Å². The molecule has 0 aliphatic heterocycles. The summed E-state index contributed by atoms with van der Waals surface area (Å²) in [5.74, 6) is 0. The number of hydrogen-bond acceptors (Lipinski definition) is 2. The maximum Gasteiger partial charge on any atom is 0.417 e. The van der Waals surface area contributed by atoms with Crippen LogP contribution < -0.4 is 11.5 Å². The molecule has 1 atom stereocenters. The summed E-state index contributed by atoms with van der Waals surface area (Å²) in [5.41, 5.74) is 11.0. The van der Waals surface area contributed by atoms with Gasteiger partial charge in [0.05, 0.1) is 10.6 Å². The second-order valence-corrected chi connectivity index (χ2v) is 4.54. The van der Waals surface area contributed by atoms with Crippen molar-refractivity contribution in [2.75, 3.05) is 6.54 Å². The van der Waals surface area contributed by atoms with Crippen molar-refractivity contribution < 1.29 is 13.2 Å². The van der Waals surface area contributed by atoms with Gasteiger partial charge in [-0.2, -0.15) is 13.2 Å². The lowest BCUT2D eigenvalue weighted by Gasteiger charge is -2.15. The van der Waals surface area contributed by atoms with Gasteiger partial charge in [0.1, 0.15) is 0 Å². The van der Waals surface area contributed by atoms with Gasteiger partial charge in [0.15, 0.2) is 0 Å². The summed E-state index contributed by atoms with van der Waals surface area (Å²) in [7, 11) is 0. The Morgan fingerprint density at radius 2 is 1.89 bits per heavy atom. The third kappa shape index (κ3) is 4.15. The Bertz CT molecular complexity index is 393. The van der Waals surface area contributed by atoms with Crippen molar-refractivity contribution in [1.29, 1.82) is 0 Å². The highest BCUT2D eigenvalue weighted by Crippen LogP contribution is 2.35. The van der Waals surface area contributed by atoms with Crippen LogP contribution in [-0.2, 0) is 6.18 Å². The van der Waals surface area contributed by atoms with Gasteiger partial charge < -0.3 is 11.5 Å². The molecule has 0 aliphatic rings. The van der Waals surface area contributed by atoms with Crippen LogP contribution in [0.1, 0.15) is 36.4 Å². The fourth-order valence-electron chi connectivity index (χ4n) is 1.67. The quantitative estimate of drug-likeness (QED) is 0.811. The molecule has 0 spiro atoms. The van der Waals surface area contributed by atoms with Gasteiger partial charge in [0.2, 0.25) is 0 Å². The Morgan fingerprint density at radius 3 is 2.39 bits per heavy atom. The van der Waals surface area contributed by atoms with Crippen molar-refractivity contribution in [2.45, 2.75) is 31.5 Å². The normalized spacial score (nSPS) is 13.7. The molecule has 0 bridgehead atoms. The molecule has 6 heteroatoms. The van der Waals surface area contributed by atoms with E-state index in [-0.39, 0.29) is 11.1 Å². The van der Waals surface area contributed by atoms with E-state index >= 15 is 0 Å². The van der Waals surface area contributed by atoms with Crippen LogP contribution in [0.4, 0.5) is 13.2 Å². The van der Waals surface area contributed by atoms with Crippen molar-refractivity contribution in [3.8, 4) is 0 Å². The summed E-state index contributed by atoms with van der Waals surface area (Å²) in [4.78, 5) is 0. The highest BCUT2D eigenvalue weighted by molar-refractivity contribution is 6.31. The van der Waals surface area contributed by atoms with Crippen LogP contribution in [0, 0.1) is 0 Å². The van der Waals surface area contributed by atoms with Gasteiger partial charge in [-0.3, -0.25) is 0 Å². The minimum absolute atomic E-state index is 0.309. The van der Waals surface area contributed by atoms with E-state index in [0.717, 1.165) is 18.9 Å². The Kier molecular flexibility index (Phi) is 5.44. The van der Waals surface area contributed by atoms with E-state index in [1.54, 1.807) is 0 Å². The average Bonchev–Trinajstić information content (AvgIpc) is 2.27. The molecule has 0 unspecified atom stereocenters. The van der Waals surface area contributed by atoms with E-state index in [0.29, 0.717) is 18.5 Å². The highest BCUT2D eigenvalue weighted by atomic mass is 35.5. The second kappa shape index (κ2) is 6.41. The van der Waals surface area contributed by atoms with Gasteiger partial charge in [0.25, 0.3) is 0 Å². The van der Waals surface area contributed by atoms with Crippen molar-refractivity contribution >= 4 is 11.6 Å². The first-order valence-corrected chi connectivity index (χ1v) is 6.06. The molecular weight excluding hydrogens is 265 g/mol. The average molecular weight is 281 g/mol. The molecule has 0 aliphatic carbocycles. The molecule has 0 radical (unpaired) electrons. The standard InChI is InChI=1S/C12H16ClF3N2/c13-10-7-8(11(18)3-1-2-6-17)4-5-9(10)12(14,15)16/h4-5,7,11H,1-3,6,17-18H2/t11-/m0/s1. The Balaban J connectivity index is 2.78. The van der Waals surface area contributed by atoms with Crippen molar-refractivity contribution in [1.82, 2.24) is 0 Å². The van der Waals surface area contributed by atoms with Crippen LogP contribution in [0.25, 0.3) is 0 Å². The third-order valence-corrected chi connectivity index (χ3v) is 3.01. The summed E-state index contributed by atoms with van der Waals surface area (Å²) in [6.45, 7) is 0.584. The molecule has 0 aromatic heterocycles. The Labute approximate surface area is 109 Å². The monoisotopic (exact) mass is 280 g/mol. The largest absolute Gasteiger partial charge is 0.417 e. The first-order valence-electron chi connectivity index (χ1n) is 5.68. The number of unbranched alkanes of at least 4 members (excludes halogenated alkanes) is 1. The molecule has 0 heterocycles. The first kappa shape index (κ1) is 15.3. The summed E-state index contributed by atoms with van der Waals surface area (Å²) in [6, 6.07) is 3.33. The lowest BCUT2D eigenvalue weighted by Crippen LogP contribution is -2.12. The summed E-state index contributed by atoms with van der Waals surface area (Å²) >= 11 is 5.62. The lowest BCUT2D eigenvalue weighted by molar-refractivity contribution is -0.137. The van der Waals surface area contributed by atoms with Crippen molar-refractivity contribution in [3.63, 3.8) is 0 Å². The van der Waals surface area contributed by atoms with E-state index in [1.807, 2.05) is 0 Å². The van der Waals surface area contributed by atoms with Gasteiger partial charge in [-0.05, 0) is 37.1 Å². The molecule has 4 N–H and O–H groups in total. The summed E-state index contributed by atoms with van der Waals surface area (Å²) in [5, 5.41) is -0.311. The molecule has 1 rings (SSSR count). The number of nitrogens with two attached hydrogens (primary N) is 2. The van der Waals surface area contributed by atoms with E-state index in [1.165, 1.54) is 12.1 Å². The zero-order valence-electron chi connectivity index (χ0n) is 9.80. The molecule has 102 valence electrons. The smallest absolute Gasteiger partial charge is 0.330 e. The molecule has 18 heavy (non-hydrogen) atoms. The van der Waals surface area contributed by atoms with Crippen molar-refractivity contribution in [2.24, 2.45) is 11.5 Å². The van der Waals surface area contributed by atoms with Crippen LogP contribution in [0.2, 0.25) is 5.02 Å². The third-order valence-electron chi connectivity index (χ3n) is 2.70. The van der Waals surface area contributed by atoms with Gasteiger partial charge in [-0.1, -0.05) is 24.1 Å². The zero-order chi connectivity index (χ0) is 13.8. The van der Waals surface area contributed by atoms with Crippen LogP contribution in [0.3, 0.4) is 0 Å². The number of benzene rings is 1. The molecular formula is C12H16ClF3N2. The fourth-order valence-corrected chi connectivity index (χ4v) is 1.96. The van der Waals surface area contributed by atoms with Gasteiger partial charge in [-0.15, -0.1) is 0 Å². The van der Waals surface area contributed by atoms with Gasteiger partial charge in [0, 0.05) is 6.04 Å². The molecule has 0 saturated carbocycles. The summed E-state index contributed by atoms with van der Waals surface area (Å²) < 4.78 is 37.5. The lowest BCUT2D eigenvalue weighted by atomic mass is 10.0. The Morgan fingerprint density at radius 1 is 1.22 bits per heavy atom. The molecule has 0 amide bonds. The molecule has 1 aromatic carbocycles. The van der Waals surface area contributed by atoms with Gasteiger partial charge >= 0.3 is 6.18 Å². The molecule has 0 fully saturated rings. The zero-order valence-corrected chi connectivity index (χ0v) is 10.6. The number of alkyl halides is 3. The predicted octanol–water partition coefficient (Wildman–Crippen LogP) is 3.49. The maximum atomic E-state index is 12.5. The molecule has 1 aromatic rings. The highest BCUT2D eigenvalue weighted by Gasteiger charge is 2.33. The fraction of sp³-hybridized carbons (Fsp3) is 0.500. The van der Waals surface area contributed by atoms with Crippen molar-refractivity contribution in [3.05, 3.63) is 34.3 Å². The number of rotatable bonds is 5. The number of hydrogen-bond donors (Lipinski definition) is 2. The number of halogens is 4. The van der Waals surface area contributed by atoms with Crippen LogP contribution >= 0.6 is 11.6 Å². The first-order chi connectivity index (χ1) is 8.36. The summed E-state index contributed by atoms with van der Waals surface area (Å²) in [6.07, 6.45) is -2.06. The molecule has 0 saturated heterocycles. The SMILES string of the molecule is NCCCC[C@H](N)c1ccc(C(F)(F)F)c(Cl)c1. The maximum absolute atomic E-state index is 12.5. The van der Waals surface area contributed by atoms with E-state index in [2.05, 4.69) is 0 Å². The van der Waals surface area contributed by atoms with E-state index < -0.39 is 11.7 Å².